The van der Waals surface area contributed by atoms with Crippen molar-refractivity contribution >= 4 is 55.8 Å². The van der Waals surface area contributed by atoms with Crippen molar-refractivity contribution in [2.75, 3.05) is 0 Å². The zero-order chi connectivity index (χ0) is 27.8. The second-order valence-electron chi connectivity index (χ2n) is 11.3. The average Bonchev–Trinajstić information content (AvgIpc) is 3.03. The van der Waals surface area contributed by atoms with E-state index in [0.717, 1.165) is 19.3 Å². The molecule has 7 aromatic rings. The summed E-state index contributed by atoms with van der Waals surface area (Å²) in [5.41, 5.74) is 5.42. The average molecular weight is 526 g/mol. The molecule has 197 valence electrons. The topological polar surface area (TPSA) is 0 Å². The zero-order valence-corrected chi connectivity index (χ0v) is 23.9. The zero-order valence-electron chi connectivity index (χ0n) is 23.9. The summed E-state index contributed by atoms with van der Waals surface area (Å²) in [6.07, 6.45) is 3.22. The quantitative estimate of drug-likeness (QED) is 0.143. The van der Waals surface area contributed by atoms with Gasteiger partial charge in [-0.05, 0) is 71.2 Å². The summed E-state index contributed by atoms with van der Waals surface area (Å²) in [6.45, 7) is 4.72. The van der Waals surface area contributed by atoms with Crippen molar-refractivity contribution in [3.05, 3.63) is 139 Å². The molecule has 0 aromatic heterocycles. The lowest BCUT2D eigenvalue weighted by atomic mass is 9.42. The van der Waals surface area contributed by atoms with E-state index in [4.69, 9.17) is 0 Å². The first-order chi connectivity index (χ1) is 20.2. The lowest BCUT2D eigenvalue weighted by Gasteiger charge is -2.37. The third kappa shape index (κ3) is 4.23. The highest BCUT2D eigenvalue weighted by atomic mass is 14.3. The monoisotopic (exact) mass is 525 g/mol. The van der Waals surface area contributed by atoms with Gasteiger partial charge in [-0.2, -0.15) is 0 Å². The molecule has 1 unspecified atom stereocenters. The maximum absolute atomic E-state index is 2.65. The fourth-order valence-electron chi connectivity index (χ4n) is 7.23. The van der Waals surface area contributed by atoms with Crippen LogP contribution >= 0.6 is 0 Å². The smallest absolute Gasteiger partial charge is 0.0713 e. The van der Waals surface area contributed by atoms with E-state index in [9.17, 15) is 0 Å². The van der Waals surface area contributed by atoms with Crippen molar-refractivity contribution in [1.29, 1.82) is 0 Å². The number of benzene rings is 7. The van der Waals surface area contributed by atoms with Gasteiger partial charge >= 0.3 is 0 Å². The Morgan fingerprint density at radius 3 is 1.49 bits per heavy atom. The molecule has 0 fully saturated rings. The Labute approximate surface area is 243 Å². The van der Waals surface area contributed by atoms with Gasteiger partial charge in [0.25, 0.3) is 0 Å². The van der Waals surface area contributed by atoms with Crippen LogP contribution in [0, 0.1) is 0 Å². The molecule has 0 bridgehead atoms. The van der Waals surface area contributed by atoms with Crippen LogP contribution in [0.5, 0.6) is 0 Å². The molecule has 41 heavy (non-hydrogen) atoms. The lowest BCUT2D eigenvalue weighted by molar-refractivity contribution is 0.530. The molecule has 7 rings (SSSR count). The van der Waals surface area contributed by atoms with Crippen molar-refractivity contribution in [3.8, 4) is 11.1 Å². The maximum Gasteiger partial charge on any atom is 0.166 e. The molecule has 0 nitrogen and oxygen atoms in total. The second kappa shape index (κ2) is 10.6. The third-order valence-corrected chi connectivity index (χ3v) is 9.05. The predicted octanol–water partition coefficient (Wildman–Crippen LogP) is 10.4. The third-order valence-electron chi connectivity index (χ3n) is 9.05. The molecular formula is C40H34B. The summed E-state index contributed by atoms with van der Waals surface area (Å²) in [6, 6.07) is 49.2. The summed E-state index contributed by atoms with van der Waals surface area (Å²) < 4.78 is 0. The Morgan fingerprint density at radius 1 is 0.512 bits per heavy atom. The Morgan fingerprint density at radius 2 is 0.976 bits per heavy atom. The Bertz CT molecular complexity index is 1910. The second-order valence-corrected chi connectivity index (χ2v) is 11.3. The molecule has 0 saturated heterocycles. The Hall–Kier alpha value is -4.36. The van der Waals surface area contributed by atoms with Crippen molar-refractivity contribution < 1.29 is 0 Å². The van der Waals surface area contributed by atoms with Gasteiger partial charge < -0.3 is 0 Å². The lowest BCUT2D eigenvalue weighted by Crippen LogP contribution is -2.40. The van der Waals surface area contributed by atoms with Gasteiger partial charge in [-0.25, -0.2) is 0 Å². The molecule has 1 atom stereocenters. The number of hydrogen-bond acceptors (Lipinski definition) is 0. The fourth-order valence-corrected chi connectivity index (χ4v) is 7.23. The SMILES string of the molecule is CCCC([B]c1c2ccccc2cc2ccccc12)(CC)c1c2ccccc2c(-c2ccccc2)c2ccccc12. The van der Waals surface area contributed by atoms with E-state index in [2.05, 4.69) is 155 Å². The molecule has 0 heterocycles. The molecule has 0 spiro atoms. The standard InChI is InChI=1S/C40H34B/c1-3-26-40(4-2,41-39-31-20-10-8-18-29(31)27-30-19-9-11-21-32(30)39)38-35-24-14-12-22-33(35)37(28-16-6-5-7-17-28)34-23-13-15-25-36(34)38/h5-25,27H,3-4,26H2,1-2H3. The van der Waals surface area contributed by atoms with Crippen molar-refractivity contribution in [3.63, 3.8) is 0 Å². The molecule has 0 saturated carbocycles. The van der Waals surface area contributed by atoms with Crippen LogP contribution in [-0.4, -0.2) is 7.28 Å². The highest BCUT2D eigenvalue weighted by Crippen LogP contribution is 2.46. The van der Waals surface area contributed by atoms with Gasteiger partial charge in [-0.1, -0.05) is 166 Å². The molecule has 0 amide bonds. The molecular weight excluding hydrogens is 491 g/mol. The van der Waals surface area contributed by atoms with Crippen LogP contribution in [0.3, 0.4) is 0 Å². The van der Waals surface area contributed by atoms with Gasteiger partial charge in [0.1, 0.15) is 0 Å². The summed E-state index contributed by atoms with van der Waals surface area (Å²) in [5.74, 6) is 0. The summed E-state index contributed by atoms with van der Waals surface area (Å²) in [7, 11) is 2.65. The summed E-state index contributed by atoms with van der Waals surface area (Å²) >= 11 is 0. The fraction of sp³-hybridized carbons (Fsp3) is 0.150. The minimum atomic E-state index is -0.143. The van der Waals surface area contributed by atoms with E-state index in [-0.39, 0.29) is 5.31 Å². The predicted molar refractivity (Wildman–Crippen MR) is 181 cm³/mol. The van der Waals surface area contributed by atoms with Gasteiger partial charge in [0.05, 0.1) is 0 Å². The highest BCUT2D eigenvalue weighted by molar-refractivity contribution is 6.64. The van der Waals surface area contributed by atoms with Crippen LogP contribution in [0.4, 0.5) is 0 Å². The molecule has 1 radical (unpaired) electrons. The summed E-state index contributed by atoms with van der Waals surface area (Å²) in [5, 5.41) is 10.5. The van der Waals surface area contributed by atoms with Gasteiger partial charge in [-0.15, -0.1) is 0 Å². The molecule has 1 heteroatoms. The van der Waals surface area contributed by atoms with Crippen molar-refractivity contribution in [2.24, 2.45) is 0 Å². The first kappa shape index (κ1) is 25.6. The Balaban J connectivity index is 1.59. The van der Waals surface area contributed by atoms with E-state index in [1.165, 1.54) is 65.2 Å². The van der Waals surface area contributed by atoms with Gasteiger partial charge in [0, 0.05) is 0 Å². The highest BCUT2D eigenvalue weighted by Gasteiger charge is 2.36. The summed E-state index contributed by atoms with van der Waals surface area (Å²) in [4.78, 5) is 0. The Kier molecular flexibility index (Phi) is 6.60. The first-order valence-electron chi connectivity index (χ1n) is 15.0. The van der Waals surface area contributed by atoms with Crippen molar-refractivity contribution in [2.45, 2.75) is 38.4 Å². The maximum atomic E-state index is 2.65. The minimum absolute atomic E-state index is 0.143. The van der Waals surface area contributed by atoms with Gasteiger partial charge in [-0.3, -0.25) is 0 Å². The van der Waals surface area contributed by atoms with E-state index >= 15 is 0 Å². The molecule has 7 aromatic carbocycles. The van der Waals surface area contributed by atoms with E-state index < -0.39 is 0 Å². The first-order valence-corrected chi connectivity index (χ1v) is 15.0. The molecule has 0 aliphatic heterocycles. The van der Waals surface area contributed by atoms with Gasteiger partial charge in [0.15, 0.2) is 7.28 Å². The van der Waals surface area contributed by atoms with E-state index in [0.29, 0.717) is 0 Å². The minimum Gasteiger partial charge on any atom is -0.0713 e. The largest absolute Gasteiger partial charge is 0.166 e. The van der Waals surface area contributed by atoms with Crippen LogP contribution in [0.2, 0.25) is 0 Å². The molecule has 0 aliphatic rings. The van der Waals surface area contributed by atoms with Crippen LogP contribution in [0.1, 0.15) is 38.7 Å². The van der Waals surface area contributed by atoms with Crippen LogP contribution in [0.15, 0.2) is 133 Å². The van der Waals surface area contributed by atoms with E-state index in [1.807, 2.05) is 0 Å². The number of rotatable bonds is 7. The van der Waals surface area contributed by atoms with Crippen LogP contribution in [-0.2, 0) is 5.31 Å². The van der Waals surface area contributed by atoms with Crippen molar-refractivity contribution in [1.82, 2.24) is 0 Å². The number of fused-ring (bicyclic) bond motifs is 4. The van der Waals surface area contributed by atoms with Crippen LogP contribution < -0.4 is 5.46 Å². The van der Waals surface area contributed by atoms with Crippen LogP contribution in [0.25, 0.3) is 54.2 Å². The molecule has 0 N–H and O–H groups in total. The van der Waals surface area contributed by atoms with Gasteiger partial charge in [0.2, 0.25) is 0 Å². The van der Waals surface area contributed by atoms with E-state index in [1.54, 1.807) is 0 Å². The number of hydrogen-bond donors (Lipinski definition) is 0. The molecule has 0 aliphatic carbocycles. The normalized spacial score (nSPS) is 13.1.